The van der Waals surface area contributed by atoms with Crippen molar-refractivity contribution >= 4 is 22.9 Å². The first-order valence-corrected chi connectivity index (χ1v) is 9.56. The minimum absolute atomic E-state index is 0.153. The molecule has 1 amide bonds. The third-order valence-electron chi connectivity index (χ3n) is 4.47. The molecule has 4 rings (SSSR count). The lowest BCUT2D eigenvalue weighted by Gasteiger charge is -2.07. The molecule has 0 fully saturated rings. The molecule has 0 aliphatic rings. The van der Waals surface area contributed by atoms with Crippen LogP contribution in [-0.2, 0) is 18.4 Å². The molecule has 3 heterocycles. The molecule has 0 radical (unpaired) electrons. The van der Waals surface area contributed by atoms with E-state index < -0.39 is 11.6 Å². The summed E-state index contributed by atoms with van der Waals surface area (Å²) in [7, 11) is 1.73. The minimum Gasteiger partial charge on any atom is -0.318 e. The van der Waals surface area contributed by atoms with E-state index >= 15 is 0 Å². The van der Waals surface area contributed by atoms with E-state index in [2.05, 4.69) is 15.7 Å². The molecule has 0 bridgehead atoms. The van der Waals surface area contributed by atoms with Crippen molar-refractivity contribution in [3.05, 3.63) is 74.4 Å². The standard InChI is InChI=1S/C18H17N7O3S/c1-12-16(17(27)25(22(12)2)13-7-4-3-5-8-13)19-14(26)11-23-18(28)24(21-20-23)15-9-6-10-29-15/h3-10H,11H2,1-2H3,(H,19,26). The fraction of sp³-hybridized carbons (Fsp3) is 0.167. The first kappa shape index (κ1) is 18.6. The van der Waals surface area contributed by atoms with Gasteiger partial charge in [0.05, 0.1) is 11.4 Å². The van der Waals surface area contributed by atoms with Crippen molar-refractivity contribution in [2.75, 3.05) is 5.32 Å². The van der Waals surface area contributed by atoms with Gasteiger partial charge in [0.1, 0.15) is 17.2 Å². The van der Waals surface area contributed by atoms with Crippen LogP contribution in [0.5, 0.6) is 0 Å². The SMILES string of the molecule is Cc1c(NC(=O)Cn2nnn(-c3cccs3)c2=O)c(=O)n(-c2ccccc2)n1C. The van der Waals surface area contributed by atoms with Gasteiger partial charge in [0, 0.05) is 7.05 Å². The first-order chi connectivity index (χ1) is 14.0. The Kier molecular flexibility index (Phi) is 4.72. The number of carbonyl (C=O) groups is 1. The molecule has 0 aliphatic heterocycles. The maximum atomic E-state index is 12.9. The number of anilines is 1. The van der Waals surface area contributed by atoms with Crippen LogP contribution in [-0.4, -0.2) is 35.1 Å². The Bertz CT molecular complexity index is 1280. The molecule has 1 aromatic carbocycles. The number of nitrogens with one attached hydrogen (secondary N) is 1. The number of aromatic nitrogens is 6. The zero-order valence-electron chi connectivity index (χ0n) is 15.6. The average molecular weight is 411 g/mol. The lowest BCUT2D eigenvalue weighted by Crippen LogP contribution is -2.30. The molecule has 10 nitrogen and oxygen atoms in total. The fourth-order valence-corrected chi connectivity index (χ4v) is 3.60. The maximum absolute atomic E-state index is 12.9. The number of nitrogens with zero attached hydrogens (tertiary/aromatic N) is 6. The summed E-state index contributed by atoms with van der Waals surface area (Å²) in [5, 5.41) is 12.5. The van der Waals surface area contributed by atoms with Gasteiger partial charge in [0.2, 0.25) is 5.91 Å². The third-order valence-corrected chi connectivity index (χ3v) is 5.31. The summed E-state index contributed by atoms with van der Waals surface area (Å²) in [5.41, 5.74) is 0.522. The molecule has 0 atom stereocenters. The van der Waals surface area contributed by atoms with Crippen LogP contribution in [0.4, 0.5) is 5.69 Å². The number of hydrogen-bond donors (Lipinski definition) is 1. The van der Waals surface area contributed by atoms with Crippen LogP contribution in [0.25, 0.3) is 10.7 Å². The Morgan fingerprint density at radius 2 is 1.86 bits per heavy atom. The third kappa shape index (κ3) is 3.31. The van der Waals surface area contributed by atoms with Gasteiger partial charge in [-0.1, -0.05) is 18.2 Å². The van der Waals surface area contributed by atoms with Crippen LogP contribution in [0, 0.1) is 6.92 Å². The molecular formula is C18H17N7O3S. The number of para-hydroxylation sites is 1. The van der Waals surface area contributed by atoms with Gasteiger partial charge in [-0.25, -0.2) is 9.48 Å². The van der Waals surface area contributed by atoms with Crippen LogP contribution < -0.4 is 16.6 Å². The van der Waals surface area contributed by atoms with Gasteiger partial charge >= 0.3 is 5.69 Å². The van der Waals surface area contributed by atoms with Crippen molar-refractivity contribution in [3.63, 3.8) is 0 Å². The number of carbonyl (C=O) groups excluding carboxylic acids is 1. The average Bonchev–Trinajstić information content (AvgIpc) is 3.41. The van der Waals surface area contributed by atoms with Crippen molar-refractivity contribution in [3.8, 4) is 10.7 Å². The van der Waals surface area contributed by atoms with E-state index in [1.165, 1.54) is 16.0 Å². The Morgan fingerprint density at radius 3 is 2.55 bits per heavy atom. The quantitative estimate of drug-likeness (QED) is 0.525. The Hall–Kier alpha value is -3.73. The van der Waals surface area contributed by atoms with E-state index in [1.54, 1.807) is 42.9 Å². The largest absolute Gasteiger partial charge is 0.369 e. The number of benzene rings is 1. The monoisotopic (exact) mass is 411 g/mol. The van der Waals surface area contributed by atoms with Crippen molar-refractivity contribution < 1.29 is 4.79 Å². The van der Waals surface area contributed by atoms with E-state index in [4.69, 9.17) is 0 Å². The highest BCUT2D eigenvalue weighted by Gasteiger charge is 2.19. The van der Waals surface area contributed by atoms with Crippen molar-refractivity contribution in [2.24, 2.45) is 7.05 Å². The summed E-state index contributed by atoms with van der Waals surface area (Å²) in [5.74, 6) is -0.545. The van der Waals surface area contributed by atoms with E-state index in [1.807, 2.05) is 23.6 Å². The smallest absolute Gasteiger partial charge is 0.318 e. The minimum atomic E-state index is -0.545. The second kappa shape index (κ2) is 7.36. The van der Waals surface area contributed by atoms with Crippen molar-refractivity contribution in [1.82, 2.24) is 29.2 Å². The molecule has 3 aromatic heterocycles. The molecule has 0 saturated carbocycles. The highest BCUT2D eigenvalue weighted by molar-refractivity contribution is 7.12. The van der Waals surface area contributed by atoms with Crippen molar-refractivity contribution in [1.29, 1.82) is 0 Å². The van der Waals surface area contributed by atoms with Gasteiger partial charge in [-0.3, -0.25) is 14.3 Å². The number of rotatable bonds is 5. The molecule has 0 aliphatic carbocycles. The lowest BCUT2D eigenvalue weighted by molar-refractivity contribution is -0.117. The van der Waals surface area contributed by atoms with E-state index in [9.17, 15) is 14.4 Å². The predicted molar refractivity (Wildman–Crippen MR) is 108 cm³/mol. The number of thiophene rings is 1. The molecule has 1 N–H and O–H groups in total. The highest BCUT2D eigenvalue weighted by Crippen LogP contribution is 2.14. The second-order valence-corrected chi connectivity index (χ2v) is 7.19. The normalized spacial score (nSPS) is 11.0. The van der Waals surface area contributed by atoms with E-state index in [0.29, 0.717) is 16.4 Å². The van der Waals surface area contributed by atoms with Gasteiger partial charge in [0.15, 0.2) is 0 Å². The van der Waals surface area contributed by atoms with Crippen LogP contribution in [0.2, 0.25) is 0 Å². The summed E-state index contributed by atoms with van der Waals surface area (Å²) in [4.78, 5) is 37.7. The molecule has 0 unspecified atom stereocenters. The van der Waals surface area contributed by atoms with E-state index in [0.717, 1.165) is 9.36 Å². The number of hydrogen-bond acceptors (Lipinski definition) is 6. The van der Waals surface area contributed by atoms with Gasteiger partial charge in [-0.05, 0) is 47.0 Å². The van der Waals surface area contributed by atoms with E-state index in [-0.39, 0.29) is 17.8 Å². The van der Waals surface area contributed by atoms with Gasteiger partial charge in [0.25, 0.3) is 5.56 Å². The van der Waals surface area contributed by atoms with Crippen LogP contribution in [0.1, 0.15) is 5.69 Å². The Labute approximate surface area is 168 Å². The molecule has 11 heteroatoms. The summed E-state index contributed by atoms with van der Waals surface area (Å²) in [6, 6.07) is 12.6. The zero-order chi connectivity index (χ0) is 20.5. The number of amides is 1. The summed E-state index contributed by atoms with van der Waals surface area (Å²) in [6.07, 6.45) is 0. The molecule has 148 valence electrons. The summed E-state index contributed by atoms with van der Waals surface area (Å²) < 4.78 is 5.19. The van der Waals surface area contributed by atoms with Gasteiger partial charge < -0.3 is 5.32 Å². The number of tetrazole rings is 1. The Balaban J connectivity index is 1.59. The molecule has 0 spiro atoms. The highest BCUT2D eigenvalue weighted by atomic mass is 32.1. The first-order valence-electron chi connectivity index (χ1n) is 8.68. The zero-order valence-corrected chi connectivity index (χ0v) is 16.5. The fourth-order valence-electron chi connectivity index (χ4n) is 2.93. The molecular weight excluding hydrogens is 394 g/mol. The van der Waals surface area contributed by atoms with Crippen molar-refractivity contribution in [2.45, 2.75) is 13.5 Å². The molecule has 4 aromatic rings. The van der Waals surface area contributed by atoms with Crippen LogP contribution in [0.15, 0.2) is 57.4 Å². The maximum Gasteiger partial charge on any atom is 0.369 e. The van der Waals surface area contributed by atoms with Gasteiger partial charge in [-0.15, -0.1) is 11.3 Å². The molecule has 29 heavy (non-hydrogen) atoms. The predicted octanol–water partition coefficient (Wildman–Crippen LogP) is 0.927. The van der Waals surface area contributed by atoms with Gasteiger partial charge in [-0.2, -0.15) is 9.36 Å². The Morgan fingerprint density at radius 1 is 1.10 bits per heavy atom. The lowest BCUT2D eigenvalue weighted by atomic mass is 10.3. The van der Waals surface area contributed by atoms with Crippen LogP contribution in [0.3, 0.4) is 0 Å². The van der Waals surface area contributed by atoms with Crippen LogP contribution >= 0.6 is 11.3 Å². The second-order valence-electron chi connectivity index (χ2n) is 6.27. The molecule has 0 saturated heterocycles. The summed E-state index contributed by atoms with van der Waals surface area (Å²) in [6.45, 7) is 1.37. The summed E-state index contributed by atoms with van der Waals surface area (Å²) >= 11 is 1.33. The topological polar surface area (TPSA) is 109 Å².